The molecule has 0 aromatic rings. The molecule has 0 saturated carbocycles. The molecular formula is C35H66NO7+. The van der Waals surface area contributed by atoms with Crippen LogP contribution in [0.1, 0.15) is 142 Å². The van der Waals surface area contributed by atoms with Crippen molar-refractivity contribution in [3.05, 3.63) is 12.2 Å². The normalized spacial score (nSPS) is 13.2. The molecule has 2 unspecified atom stereocenters. The molecule has 0 bridgehead atoms. The summed E-state index contributed by atoms with van der Waals surface area (Å²) in [7, 11) is 5.50. The van der Waals surface area contributed by atoms with E-state index in [0.717, 1.165) is 51.4 Å². The SMILES string of the molecule is CCCCC/C=C\CCCCCCCC(=O)OC(COCCC(C(=O)O)[N+](C)(C)C)COC(=O)CCCCCCCCC. The van der Waals surface area contributed by atoms with Gasteiger partial charge in [-0.25, -0.2) is 4.79 Å². The molecule has 0 aliphatic carbocycles. The Kier molecular flexibility index (Phi) is 26.4. The lowest BCUT2D eigenvalue weighted by atomic mass is 10.1. The number of carboxylic acids is 1. The first-order chi connectivity index (χ1) is 20.6. The molecule has 0 rings (SSSR count). The van der Waals surface area contributed by atoms with Crippen LogP contribution in [0.4, 0.5) is 0 Å². The number of hydrogen-bond acceptors (Lipinski definition) is 6. The number of ether oxygens (including phenoxy) is 3. The van der Waals surface area contributed by atoms with Crippen LogP contribution in [-0.4, -0.2) is 80.6 Å². The Morgan fingerprint density at radius 1 is 0.674 bits per heavy atom. The molecule has 0 heterocycles. The zero-order chi connectivity index (χ0) is 32.2. The van der Waals surface area contributed by atoms with Gasteiger partial charge in [-0.1, -0.05) is 96.6 Å². The molecule has 0 aliphatic heterocycles. The molecule has 8 nitrogen and oxygen atoms in total. The van der Waals surface area contributed by atoms with Gasteiger partial charge in [0, 0.05) is 19.3 Å². The third-order valence-corrected chi connectivity index (χ3v) is 7.66. The average Bonchev–Trinajstić information content (AvgIpc) is 2.94. The molecule has 0 aliphatic rings. The average molecular weight is 613 g/mol. The number of allylic oxidation sites excluding steroid dienone is 2. The van der Waals surface area contributed by atoms with E-state index in [2.05, 4.69) is 26.0 Å². The second-order valence-electron chi connectivity index (χ2n) is 12.8. The van der Waals surface area contributed by atoms with E-state index in [-0.39, 0.29) is 36.2 Å². The molecular weight excluding hydrogens is 546 g/mol. The highest BCUT2D eigenvalue weighted by Crippen LogP contribution is 2.13. The number of quaternary nitrogens is 1. The standard InChI is InChI=1S/C35H65NO7/c1-6-8-10-12-14-15-16-17-18-20-22-24-26-34(38)43-31(29-41-28-27-32(35(39)40)36(3,4)5)30-42-33(37)25-23-21-19-13-11-9-7-2/h14-15,31-32H,6-13,16-30H2,1-5H3/p+1/b15-14-. The first-order valence-electron chi connectivity index (χ1n) is 17.2. The van der Waals surface area contributed by atoms with Gasteiger partial charge in [-0.15, -0.1) is 0 Å². The zero-order valence-electron chi connectivity index (χ0n) is 28.4. The van der Waals surface area contributed by atoms with Crippen molar-refractivity contribution in [2.24, 2.45) is 0 Å². The third kappa shape index (κ3) is 26.2. The summed E-state index contributed by atoms with van der Waals surface area (Å²) in [6.45, 7) is 4.64. The monoisotopic (exact) mass is 612 g/mol. The first kappa shape index (κ1) is 41.1. The summed E-state index contributed by atoms with van der Waals surface area (Å²) in [4.78, 5) is 36.5. The van der Waals surface area contributed by atoms with Crippen LogP contribution in [0, 0.1) is 0 Å². The molecule has 252 valence electrons. The molecule has 0 fully saturated rings. The van der Waals surface area contributed by atoms with E-state index in [9.17, 15) is 19.5 Å². The summed E-state index contributed by atoms with van der Waals surface area (Å²) >= 11 is 0. The summed E-state index contributed by atoms with van der Waals surface area (Å²) in [5, 5.41) is 9.53. The summed E-state index contributed by atoms with van der Waals surface area (Å²) < 4.78 is 17.1. The maximum Gasteiger partial charge on any atom is 0.362 e. The van der Waals surface area contributed by atoms with E-state index in [1.54, 1.807) is 0 Å². The van der Waals surface area contributed by atoms with Crippen LogP contribution in [-0.2, 0) is 28.6 Å². The summed E-state index contributed by atoms with van der Waals surface area (Å²) in [5.41, 5.74) is 0. The van der Waals surface area contributed by atoms with Crippen molar-refractivity contribution in [2.45, 2.75) is 154 Å². The van der Waals surface area contributed by atoms with Crippen LogP contribution >= 0.6 is 0 Å². The molecule has 1 N–H and O–H groups in total. The molecule has 2 atom stereocenters. The second kappa shape index (κ2) is 27.6. The topological polar surface area (TPSA) is 99.1 Å². The molecule has 0 amide bonds. The molecule has 0 spiro atoms. The van der Waals surface area contributed by atoms with Gasteiger partial charge in [0.2, 0.25) is 0 Å². The van der Waals surface area contributed by atoms with Crippen molar-refractivity contribution in [3.63, 3.8) is 0 Å². The fourth-order valence-electron chi connectivity index (χ4n) is 4.91. The smallest absolute Gasteiger partial charge is 0.362 e. The van der Waals surface area contributed by atoms with E-state index < -0.39 is 18.1 Å². The van der Waals surface area contributed by atoms with E-state index in [1.165, 1.54) is 57.8 Å². The van der Waals surface area contributed by atoms with Crippen LogP contribution in [0.25, 0.3) is 0 Å². The summed E-state index contributed by atoms with van der Waals surface area (Å²) in [6.07, 6.45) is 24.0. The van der Waals surface area contributed by atoms with Gasteiger partial charge in [-0.2, -0.15) is 0 Å². The number of nitrogens with zero attached hydrogens (tertiary/aromatic N) is 1. The van der Waals surface area contributed by atoms with Crippen molar-refractivity contribution in [2.75, 3.05) is 41.0 Å². The number of esters is 2. The van der Waals surface area contributed by atoms with Gasteiger partial charge in [0.1, 0.15) is 6.61 Å². The van der Waals surface area contributed by atoms with Crippen LogP contribution < -0.4 is 0 Å². The van der Waals surface area contributed by atoms with Crippen LogP contribution in [0.15, 0.2) is 12.2 Å². The zero-order valence-corrected chi connectivity index (χ0v) is 28.4. The molecule has 0 saturated heterocycles. The number of aliphatic carboxylic acids is 1. The number of carbonyl (C=O) groups is 3. The maximum absolute atomic E-state index is 12.6. The van der Waals surface area contributed by atoms with Crippen molar-refractivity contribution < 1.29 is 38.2 Å². The van der Waals surface area contributed by atoms with Gasteiger partial charge in [0.15, 0.2) is 12.1 Å². The van der Waals surface area contributed by atoms with Crippen molar-refractivity contribution in [3.8, 4) is 0 Å². The van der Waals surface area contributed by atoms with Crippen LogP contribution in [0.2, 0.25) is 0 Å². The predicted octanol–water partition coefficient (Wildman–Crippen LogP) is 8.02. The summed E-state index contributed by atoms with van der Waals surface area (Å²) in [5.74, 6) is -1.49. The fraction of sp³-hybridized carbons (Fsp3) is 0.857. The van der Waals surface area contributed by atoms with Crippen molar-refractivity contribution >= 4 is 17.9 Å². The second-order valence-corrected chi connectivity index (χ2v) is 12.8. The van der Waals surface area contributed by atoms with Gasteiger partial charge in [0.05, 0.1) is 34.4 Å². The van der Waals surface area contributed by atoms with Crippen LogP contribution in [0.3, 0.4) is 0 Å². The third-order valence-electron chi connectivity index (χ3n) is 7.66. The minimum atomic E-state index is -0.878. The van der Waals surface area contributed by atoms with E-state index >= 15 is 0 Å². The van der Waals surface area contributed by atoms with Crippen molar-refractivity contribution in [1.29, 1.82) is 0 Å². The molecule has 43 heavy (non-hydrogen) atoms. The number of likely N-dealkylation sites (N-methyl/N-ethyl adjacent to an activating group) is 1. The van der Waals surface area contributed by atoms with Gasteiger partial charge in [0.25, 0.3) is 0 Å². The Labute approximate surface area is 263 Å². The number of rotatable bonds is 30. The highest BCUT2D eigenvalue weighted by atomic mass is 16.6. The Bertz CT molecular complexity index is 732. The van der Waals surface area contributed by atoms with Crippen molar-refractivity contribution in [1.82, 2.24) is 0 Å². The molecule has 0 aromatic heterocycles. The predicted molar refractivity (Wildman–Crippen MR) is 174 cm³/mol. The van der Waals surface area contributed by atoms with Gasteiger partial charge in [-0.3, -0.25) is 9.59 Å². The van der Waals surface area contributed by atoms with Crippen LogP contribution in [0.5, 0.6) is 0 Å². The van der Waals surface area contributed by atoms with E-state index in [0.29, 0.717) is 19.3 Å². The Morgan fingerprint density at radius 3 is 1.72 bits per heavy atom. The fourth-order valence-corrected chi connectivity index (χ4v) is 4.91. The highest BCUT2D eigenvalue weighted by Gasteiger charge is 2.31. The molecule has 8 heteroatoms. The maximum atomic E-state index is 12.6. The first-order valence-corrected chi connectivity index (χ1v) is 17.2. The lowest BCUT2D eigenvalue weighted by Gasteiger charge is -2.31. The largest absolute Gasteiger partial charge is 0.477 e. The Balaban J connectivity index is 4.47. The molecule has 0 aromatic carbocycles. The Morgan fingerprint density at radius 2 is 1.16 bits per heavy atom. The Hall–Kier alpha value is -1.93. The number of hydrogen-bond donors (Lipinski definition) is 1. The van der Waals surface area contributed by atoms with E-state index in [4.69, 9.17) is 14.2 Å². The van der Waals surface area contributed by atoms with Gasteiger partial charge in [-0.05, 0) is 38.5 Å². The van der Waals surface area contributed by atoms with Gasteiger partial charge < -0.3 is 23.8 Å². The molecule has 0 radical (unpaired) electrons. The number of carbonyl (C=O) groups excluding carboxylic acids is 2. The minimum Gasteiger partial charge on any atom is -0.477 e. The highest BCUT2D eigenvalue weighted by molar-refractivity contribution is 5.72. The van der Waals surface area contributed by atoms with Gasteiger partial charge >= 0.3 is 17.9 Å². The summed E-state index contributed by atoms with van der Waals surface area (Å²) in [6, 6.07) is -0.609. The lowest BCUT2D eigenvalue weighted by Crippen LogP contribution is -2.50. The lowest BCUT2D eigenvalue weighted by molar-refractivity contribution is -0.887. The number of unbranched alkanes of at least 4 members (excludes halogenated alkanes) is 14. The minimum absolute atomic E-state index is 0.0509. The quantitative estimate of drug-likeness (QED) is 0.0380. The van der Waals surface area contributed by atoms with E-state index in [1.807, 2.05) is 21.1 Å². The number of carboxylic acid groups (broad SMARTS) is 1.